The van der Waals surface area contributed by atoms with E-state index < -0.39 is 0 Å². The molecule has 6 heteroatoms. The van der Waals surface area contributed by atoms with Gasteiger partial charge in [0.25, 0.3) is 0 Å². The highest BCUT2D eigenvalue weighted by atomic mass is 32.1. The molecule has 0 fully saturated rings. The normalized spacial score (nSPS) is 11.0. The van der Waals surface area contributed by atoms with E-state index in [-0.39, 0.29) is 0 Å². The Bertz CT molecular complexity index is 1000. The molecule has 0 N–H and O–H groups in total. The zero-order valence-corrected chi connectivity index (χ0v) is 14.9. The SMILES string of the molecule is Cc1nc(Cn2ccnc2-c2cnc(-c3ccccc3C)nc2)cs1. The number of benzene rings is 1. The summed E-state index contributed by atoms with van der Waals surface area (Å²) in [6.07, 6.45) is 7.42. The van der Waals surface area contributed by atoms with Crippen molar-refractivity contribution < 1.29 is 0 Å². The number of imidazole rings is 1. The molecule has 3 heterocycles. The fourth-order valence-corrected chi connectivity index (χ4v) is 3.36. The van der Waals surface area contributed by atoms with Crippen LogP contribution in [0, 0.1) is 13.8 Å². The summed E-state index contributed by atoms with van der Waals surface area (Å²) in [5.74, 6) is 1.58. The van der Waals surface area contributed by atoms with Crippen LogP contribution in [0.25, 0.3) is 22.8 Å². The lowest BCUT2D eigenvalue weighted by atomic mass is 10.1. The molecule has 25 heavy (non-hydrogen) atoms. The van der Waals surface area contributed by atoms with E-state index >= 15 is 0 Å². The van der Waals surface area contributed by atoms with Crippen LogP contribution < -0.4 is 0 Å². The maximum absolute atomic E-state index is 4.54. The average Bonchev–Trinajstić information content (AvgIpc) is 3.25. The van der Waals surface area contributed by atoms with Crippen molar-refractivity contribution in [3.63, 3.8) is 0 Å². The van der Waals surface area contributed by atoms with E-state index in [9.17, 15) is 0 Å². The molecule has 0 bridgehead atoms. The molecule has 0 spiro atoms. The predicted molar refractivity (Wildman–Crippen MR) is 99.4 cm³/mol. The summed E-state index contributed by atoms with van der Waals surface area (Å²) in [7, 11) is 0. The Kier molecular flexibility index (Phi) is 4.11. The fraction of sp³-hybridized carbons (Fsp3) is 0.158. The number of aryl methyl sites for hydroxylation is 2. The zero-order valence-electron chi connectivity index (χ0n) is 14.0. The second-order valence-electron chi connectivity index (χ2n) is 5.85. The number of aromatic nitrogens is 5. The molecule has 0 aliphatic heterocycles. The monoisotopic (exact) mass is 347 g/mol. The Balaban J connectivity index is 1.63. The van der Waals surface area contributed by atoms with Crippen molar-refractivity contribution in [2.75, 3.05) is 0 Å². The molecule has 4 aromatic rings. The third-order valence-electron chi connectivity index (χ3n) is 4.01. The Morgan fingerprint density at radius 1 is 1.04 bits per heavy atom. The lowest BCUT2D eigenvalue weighted by Gasteiger charge is -2.07. The summed E-state index contributed by atoms with van der Waals surface area (Å²) in [5.41, 5.74) is 4.15. The fourth-order valence-electron chi connectivity index (χ4n) is 2.76. The van der Waals surface area contributed by atoms with Gasteiger partial charge in [0.05, 0.1) is 22.8 Å². The molecular formula is C19H17N5S. The highest BCUT2D eigenvalue weighted by Crippen LogP contribution is 2.22. The third-order valence-corrected chi connectivity index (χ3v) is 4.83. The van der Waals surface area contributed by atoms with Gasteiger partial charge in [-0.1, -0.05) is 24.3 Å². The smallest absolute Gasteiger partial charge is 0.159 e. The van der Waals surface area contributed by atoms with E-state index in [0.717, 1.165) is 39.0 Å². The van der Waals surface area contributed by atoms with Crippen molar-refractivity contribution >= 4 is 11.3 Å². The van der Waals surface area contributed by atoms with Crippen LogP contribution in [0.2, 0.25) is 0 Å². The van der Waals surface area contributed by atoms with E-state index in [2.05, 4.69) is 42.9 Å². The topological polar surface area (TPSA) is 56.5 Å². The molecule has 0 saturated carbocycles. The van der Waals surface area contributed by atoms with Crippen molar-refractivity contribution in [3.05, 3.63) is 70.7 Å². The first kappa shape index (κ1) is 15.7. The minimum absolute atomic E-state index is 0.694. The second kappa shape index (κ2) is 6.57. The van der Waals surface area contributed by atoms with Gasteiger partial charge in [0, 0.05) is 35.7 Å². The van der Waals surface area contributed by atoms with Crippen molar-refractivity contribution in [1.29, 1.82) is 0 Å². The summed E-state index contributed by atoms with van der Waals surface area (Å²) in [5, 5.41) is 3.15. The first-order chi connectivity index (χ1) is 12.2. The molecule has 3 aromatic heterocycles. The van der Waals surface area contributed by atoms with Gasteiger partial charge in [0.15, 0.2) is 5.82 Å². The Morgan fingerprint density at radius 3 is 2.56 bits per heavy atom. The van der Waals surface area contributed by atoms with Crippen molar-refractivity contribution in [2.45, 2.75) is 20.4 Å². The van der Waals surface area contributed by atoms with Crippen LogP contribution >= 0.6 is 11.3 Å². The van der Waals surface area contributed by atoms with E-state index in [1.807, 2.05) is 43.7 Å². The summed E-state index contributed by atoms with van der Waals surface area (Å²) in [4.78, 5) is 18.1. The molecule has 0 atom stereocenters. The molecule has 0 radical (unpaired) electrons. The lowest BCUT2D eigenvalue weighted by Crippen LogP contribution is -2.02. The molecule has 0 aliphatic carbocycles. The van der Waals surface area contributed by atoms with Gasteiger partial charge >= 0.3 is 0 Å². The predicted octanol–water partition coefficient (Wildman–Crippen LogP) is 4.13. The number of hydrogen-bond donors (Lipinski definition) is 0. The van der Waals surface area contributed by atoms with Crippen LogP contribution in [-0.2, 0) is 6.54 Å². The molecule has 0 saturated heterocycles. The first-order valence-electron chi connectivity index (χ1n) is 8.01. The quantitative estimate of drug-likeness (QED) is 0.557. The van der Waals surface area contributed by atoms with Crippen LogP contribution in [0.1, 0.15) is 16.3 Å². The van der Waals surface area contributed by atoms with Gasteiger partial charge in [-0.25, -0.2) is 19.9 Å². The van der Waals surface area contributed by atoms with E-state index in [0.29, 0.717) is 6.54 Å². The number of thiazole rings is 1. The van der Waals surface area contributed by atoms with Gasteiger partial charge in [-0.3, -0.25) is 0 Å². The maximum Gasteiger partial charge on any atom is 0.159 e. The van der Waals surface area contributed by atoms with Crippen LogP contribution in [0.15, 0.2) is 54.4 Å². The summed E-state index contributed by atoms with van der Waals surface area (Å²) in [6, 6.07) is 8.12. The molecule has 1 aromatic carbocycles. The molecule has 4 rings (SSSR count). The Labute approximate surface area is 150 Å². The number of rotatable bonds is 4. The number of hydrogen-bond acceptors (Lipinski definition) is 5. The Hall–Kier alpha value is -2.86. The standard InChI is InChI=1S/C19H17N5S/c1-13-5-3-4-6-17(13)18-21-9-15(10-22-18)19-20-7-8-24(19)11-16-12-25-14(2)23-16/h3-10,12H,11H2,1-2H3. The van der Waals surface area contributed by atoms with Crippen LogP contribution in [0.4, 0.5) is 0 Å². The summed E-state index contributed by atoms with van der Waals surface area (Å²) < 4.78 is 2.07. The van der Waals surface area contributed by atoms with Crippen molar-refractivity contribution in [1.82, 2.24) is 24.5 Å². The lowest BCUT2D eigenvalue weighted by molar-refractivity contribution is 0.784. The summed E-state index contributed by atoms with van der Waals surface area (Å²) >= 11 is 1.66. The van der Waals surface area contributed by atoms with E-state index in [1.54, 1.807) is 17.5 Å². The average molecular weight is 347 g/mol. The molecule has 0 unspecified atom stereocenters. The highest BCUT2D eigenvalue weighted by Gasteiger charge is 2.10. The molecule has 5 nitrogen and oxygen atoms in total. The van der Waals surface area contributed by atoms with Crippen LogP contribution in [0.5, 0.6) is 0 Å². The third kappa shape index (κ3) is 3.21. The van der Waals surface area contributed by atoms with Crippen LogP contribution in [0.3, 0.4) is 0 Å². The van der Waals surface area contributed by atoms with Gasteiger partial charge < -0.3 is 4.57 Å². The van der Waals surface area contributed by atoms with Crippen LogP contribution in [-0.4, -0.2) is 24.5 Å². The zero-order chi connectivity index (χ0) is 17.2. The molecule has 0 amide bonds. The Morgan fingerprint density at radius 2 is 1.84 bits per heavy atom. The minimum atomic E-state index is 0.694. The highest BCUT2D eigenvalue weighted by molar-refractivity contribution is 7.09. The molecular weight excluding hydrogens is 330 g/mol. The van der Waals surface area contributed by atoms with Gasteiger partial charge in [-0.2, -0.15) is 0 Å². The largest absolute Gasteiger partial charge is 0.325 e. The van der Waals surface area contributed by atoms with E-state index in [1.165, 1.54) is 0 Å². The number of nitrogens with zero attached hydrogens (tertiary/aromatic N) is 5. The molecule has 0 aliphatic rings. The first-order valence-corrected chi connectivity index (χ1v) is 8.89. The summed E-state index contributed by atoms with van der Waals surface area (Å²) in [6.45, 7) is 4.77. The molecule has 124 valence electrons. The van der Waals surface area contributed by atoms with Gasteiger partial charge in [-0.05, 0) is 19.4 Å². The minimum Gasteiger partial charge on any atom is -0.325 e. The van der Waals surface area contributed by atoms with Crippen molar-refractivity contribution in [3.8, 4) is 22.8 Å². The van der Waals surface area contributed by atoms with Gasteiger partial charge in [0.1, 0.15) is 5.82 Å². The second-order valence-corrected chi connectivity index (χ2v) is 6.91. The van der Waals surface area contributed by atoms with Gasteiger partial charge in [0.2, 0.25) is 0 Å². The maximum atomic E-state index is 4.54. The van der Waals surface area contributed by atoms with E-state index in [4.69, 9.17) is 0 Å². The van der Waals surface area contributed by atoms with Gasteiger partial charge in [-0.15, -0.1) is 11.3 Å². The van der Waals surface area contributed by atoms with Crippen molar-refractivity contribution in [2.24, 2.45) is 0 Å².